The second-order valence-corrected chi connectivity index (χ2v) is 8.31. The lowest BCUT2D eigenvalue weighted by molar-refractivity contribution is -0.135. The summed E-state index contributed by atoms with van der Waals surface area (Å²) in [6, 6.07) is 7.94. The summed E-state index contributed by atoms with van der Waals surface area (Å²) in [6.07, 6.45) is 6.09. The minimum atomic E-state index is -0.786. The standard InChI is InChI=1S/C22H31N3O3/c1-16(2)18-9-7-17(8-10-18)11-14-23-19(26)15-25-20(27)22(24-21(25)28)12-5-3-4-6-13-22/h7-10,16H,3-6,11-15H2,1-2H3,(H,23,26)(H,24,28). The van der Waals surface area contributed by atoms with E-state index in [0.717, 1.165) is 36.1 Å². The predicted octanol–water partition coefficient (Wildman–Crippen LogP) is 3.11. The Balaban J connectivity index is 1.49. The molecule has 1 aliphatic heterocycles. The molecular formula is C22H31N3O3. The van der Waals surface area contributed by atoms with Crippen LogP contribution in [0.15, 0.2) is 24.3 Å². The molecule has 28 heavy (non-hydrogen) atoms. The lowest BCUT2D eigenvalue weighted by Crippen LogP contribution is -2.47. The topological polar surface area (TPSA) is 78.5 Å². The van der Waals surface area contributed by atoms with Crippen LogP contribution in [-0.2, 0) is 16.0 Å². The molecule has 1 heterocycles. The van der Waals surface area contributed by atoms with Crippen molar-refractivity contribution in [3.8, 4) is 0 Å². The van der Waals surface area contributed by atoms with Crippen molar-refractivity contribution in [2.24, 2.45) is 0 Å². The Bertz CT molecular complexity index is 719. The molecule has 4 amide bonds. The number of hydrogen-bond donors (Lipinski definition) is 2. The van der Waals surface area contributed by atoms with Gasteiger partial charge in [-0.1, -0.05) is 63.8 Å². The minimum Gasteiger partial charge on any atom is -0.354 e. The van der Waals surface area contributed by atoms with E-state index in [-0.39, 0.29) is 18.4 Å². The molecule has 6 heteroatoms. The molecule has 1 saturated carbocycles. The van der Waals surface area contributed by atoms with Gasteiger partial charge in [-0.25, -0.2) is 4.79 Å². The van der Waals surface area contributed by atoms with Crippen molar-refractivity contribution in [3.05, 3.63) is 35.4 Å². The SMILES string of the molecule is CC(C)c1ccc(CCNC(=O)CN2C(=O)NC3(CCCCCC3)C2=O)cc1. The number of imide groups is 1. The summed E-state index contributed by atoms with van der Waals surface area (Å²) in [4.78, 5) is 38.5. The van der Waals surface area contributed by atoms with E-state index in [1.54, 1.807) is 0 Å². The van der Waals surface area contributed by atoms with Crippen LogP contribution in [0, 0.1) is 0 Å². The smallest absolute Gasteiger partial charge is 0.325 e. The van der Waals surface area contributed by atoms with Gasteiger partial charge < -0.3 is 10.6 Å². The van der Waals surface area contributed by atoms with E-state index >= 15 is 0 Å². The minimum absolute atomic E-state index is 0.210. The summed E-state index contributed by atoms with van der Waals surface area (Å²) in [6.45, 7) is 4.59. The van der Waals surface area contributed by atoms with Gasteiger partial charge in [-0.2, -0.15) is 0 Å². The zero-order valence-corrected chi connectivity index (χ0v) is 16.9. The molecule has 0 radical (unpaired) electrons. The highest BCUT2D eigenvalue weighted by atomic mass is 16.2. The first-order valence-corrected chi connectivity index (χ1v) is 10.4. The predicted molar refractivity (Wildman–Crippen MR) is 108 cm³/mol. The highest BCUT2D eigenvalue weighted by Crippen LogP contribution is 2.32. The first-order valence-electron chi connectivity index (χ1n) is 10.4. The molecule has 0 unspecified atom stereocenters. The number of rotatable bonds is 6. The molecule has 1 saturated heterocycles. The third kappa shape index (κ3) is 4.54. The molecule has 2 aliphatic rings. The monoisotopic (exact) mass is 385 g/mol. The number of benzene rings is 1. The third-order valence-electron chi connectivity index (χ3n) is 5.89. The highest BCUT2D eigenvalue weighted by Gasteiger charge is 2.51. The van der Waals surface area contributed by atoms with Crippen molar-refractivity contribution in [2.75, 3.05) is 13.1 Å². The Morgan fingerprint density at radius 3 is 2.36 bits per heavy atom. The van der Waals surface area contributed by atoms with Gasteiger partial charge in [-0.15, -0.1) is 0 Å². The van der Waals surface area contributed by atoms with Crippen LogP contribution >= 0.6 is 0 Å². The van der Waals surface area contributed by atoms with Gasteiger partial charge in [0.2, 0.25) is 5.91 Å². The second-order valence-electron chi connectivity index (χ2n) is 8.31. The Labute approximate surface area is 167 Å². The summed E-state index contributed by atoms with van der Waals surface area (Å²) in [7, 11) is 0. The number of nitrogens with zero attached hydrogens (tertiary/aromatic N) is 1. The maximum Gasteiger partial charge on any atom is 0.325 e. The van der Waals surface area contributed by atoms with Crippen molar-refractivity contribution >= 4 is 17.8 Å². The van der Waals surface area contributed by atoms with Crippen LogP contribution in [0.4, 0.5) is 4.79 Å². The average molecular weight is 386 g/mol. The normalized spacial score (nSPS) is 19.0. The van der Waals surface area contributed by atoms with Gasteiger partial charge >= 0.3 is 6.03 Å². The van der Waals surface area contributed by atoms with Gasteiger partial charge in [0, 0.05) is 6.54 Å². The zero-order chi connectivity index (χ0) is 20.1. The lowest BCUT2D eigenvalue weighted by atomic mass is 9.90. The van der Waals surface area contributed by atoms with Crippen LogP contribution in [-0.4, -0.2) is 41.4 Å². The van der Waals surface area contributed by atoms with Gasteiger partial charge in [0.15, 0.2) is 0 Å². The van der Waals surface area contributed by atoms with Crippen molar-refractivity contribution in [3.63, 3.8) is 0 Å². The molecule has 2 fully saturated rings. The summed E-state index contributed by atoms with van der Waals surface area (Å²) < 4.78 is 0. The fraction of sp³-hybridized carbons (Fsp3) is 0.591. The summed E-state index contributed by atoms with van der Waals surface area (Å²) in [5.41, 5.74) is 1.65. The Hall–Kier alpha value is -2.37. The fourth-order valence-electron chi connectivity index (χ4n) is 4.11. The molecule has 0 atom stereocenters. The third-order valence-corrected chi connectivity index (χ3v) is 5.89. The number of amides is 4. The number of carbonyl (C=O) groups excluding carboxylic acids is 3. The lowest BCUT2D eigenvalue weighted by Gasteiger charge is -2.24. The molecule has 0 aromatic heterocycles. The van der Waals surface area contributed by atoms with Crippen LogP contribution < -0.4 is 10.6 Å². The molecule has 1 aromatic rings. The van der Waals surface area contributed by atoms with Crippen LogP contribution in [0.25, 0.3) is 0 Å². The van der Waals surface area contributed by atoms with Crippen LogP contribution in [0.1, 0.15) is 69.4 Å². The maximum atomic E-state index is 12.8. The van der Waals surface area contributed by atoms with Crippen LogP contribution in [0.5, 0.6) is 0 Å². The Morgan fingerprint density at radius 1 is 1.11 bits per heavy atom. The molecular weight excluding hydrogens is 354 g/mol. The van der Waals surface area contributed by atoms with E-state index in [2.05, 4.69) is 48.7 Å². The summed E-state index contributed by atoms with van der Waals surface area (Å²) in [5, 5.41) is 5.70. The van der Waals surface area contributed by atoms with Crippen molar-refractivity contribution in [1.29, 1.82) is 0 Å². The van der Waals surface area contributed by atoms with Crippen molar-refractivity contribution < 1.29 is 14.4 Å². The van der Waals surface area contributed by atoms with Crippen molar-refractivity contribution in [1.82, 2.24) is 15.5 Å². The van der Waals surface area contributed by atoms with Gasteiger partial charge in [0.1, 0.15) is 12.1 Å². The molecule has 152 valence electrons. The number of carbonyl (C=O) groups is 3. The van der Waals surface area contributed by atoms with Crippen LogP contribution in [0.2, 0.25) is 0 Å². The van der Waals surface area contributed by atoms with E-state index in [1.807, 2.05) is 0 Å². The highest BCUT2D eigenvalue weighted by molar-refractivity contribution is 6.09. The summed E-state index contributed by atoms with van der Waals surface area (Å²) >= 11 is 0. The Morgan fingerprint density at radius 2 is 1.75 bits per heavy atom. The molecule has 1 aliphatic carbocycles. The first kappa shape index (κ1) is 20.4. The van der Waals surface area contributed by atoms with Gasteiger partial charge in [-0.3, -0.25) is 14.5 Å². The number of nitrogens with one attached hydrogen (secondary N) is 2. The van der Waals surface area contributed by atoms with E-state index < -0.39 is 11.6 Å². The van der Waals surface area contributed by atoms with Crippen molar-refractivity contribution in [2.45, 2.75) is 70.3 Å². The average Bonchev–Trinajstić information content (AvgIpc) is 2.84. The van der Waals surface area contributed by atoms with E-state index in [9.17, 15) is 14.4 Å². The quantitative estimate of drug-likeness (QED) is 0.739. The van der Waals surface area contributed by atoms with Crippen LogP contribution in [0.3, 0.4) is 0 Å². The van der Waals surface area contributed by atoms with E-state index in [0.29, 0.717) is 31.7 Å². The number of hydrogen-bond acceptors (Lipinski definition) is 3. The zero-order valence-electron chi connectivity index (χ0n) is 16.9. The summed E-state index contributed by atoms with van der Waals surface area (Å²) in [5.74, 6) is -0.0403. The fourth-order valence-corrected chi connectivity index (χ4v) is 4.11. The van der Waals surface area contributed by atoms with Gasteiger partial charge in [0.05, 0.1) is 0 Å². The second kappa shape index (κ2) is 8.76. The van der Waals surface area contributed by atoms with E-state index in [1.165, 1.54) is 5.56 Å². The molecule has 6 nitrogen and oxygen atoms in total. The molecule has 0 bridgehead atoms. The molecule has 1 spiro atoms. The molecule has 1 aromatic carbocycles. The van der Waals surface area contributed by atoms with Gasteiger partial charge in [-0.05, 0) is 36.3 Å². The van der Waals surface area contributed by atoms with E-state index in [4.69, 9.17) is 0 Å². The largest absolute Gasteiger partial charge is 0.354 e. The number of urea groups is 1. The molecule has 3 rings (SSSR count). The Kier molecular flexibility index (Phi) is 6.37. The molecule has 2 N–H and O–H groups in total. The maximum absolute atomic E-state index is 12.8. The first-order chi connectivity index (χ1) is 13.4. The van der Waals surface area contributed by atoms with Gasteiger partial charge in [0.25, 0.3) is 5.91 Å².